The first kappa shape index (κ1) is 17.2. The largest absolute Gasteiger partial charge is 0.294 e. The highest BCUT2D eigenvalue weighted by Crippen LogP contribution is 2.35. The summed E-state index contributed by atoms with van der Waals surface area (Å²) in [6.45, 7) is 4.63. The summed E-state index contributed by atoms with van der Waals surface area (Å²) in [5.41, 5.74) is 4.35. The first-order chi connectivity index (χ1) is 12.5. The van der Waals surface area contributed by atoms with Crippen LogP contribution in [0.4, 0.5) is 0 Å². The van der Waals surface area contributed by atoms with Crippen molar-refractivity contribution < 1.29 is 0 Å². The Balaban J connectivity index is 1.86. The lowest BCUT2D eigenvalue weighted by atomic mass is 10.0. The zero-order valence-corrected chi connectivity index (χ0v) is 16.9. The number of nitrogens with zero attached hydrogens (tertiary/aromatic N) is 2. The molecule has 2 aromatic carbocycles. The molecule has 0 saturated heterocycles. The highest BCUT2D eigenvalue weighted by atomic mass is 79.9. The van der Waals surface area contributed by atoms with Crippen molar-refractivity contribution in [3.63, 3.8) is 0 Å². The van der Waals surface area contributed by atoms with Crippen molar-refractivity contribution >= 4 is 37.5 Å². The van der Waals surface area contributed by atoms with Gasteiger partial charge >= 0.3 is 0 Å². The molecule has 0 aliphatic heterocycles. The van der Waals surface area contributed by atoms with Gasteiger partial charge in [0.05, 0.1) is 18.3 Å². The minimum absolute atomic E-state index is 0.0119. The summed E-state index contributed by atoms with van der Waals surface area (Å²) in [4.78, 5) is 19.7. The molecule has 0 amide bonds. The second-order valence-electron chi connectivity index (χ2n) is 6.38. The van der Waals surface area contributed by atoms with Crippen LogP contribution >= 0.6 is 27.3 Å². The van der Waals surface area contributed by atoms with E-state index in [1.165, 1.54) is 5.56 Å². The average molecular weight is 425 g/mol. The zero-order chi connectivity index (χ0) is 18.3. The lowest BCUT2D eigenvalue weighted by molar-refractivity contribution is 0.749. The number of halogens is 1. The molecule has 5 heteroatoms. The first-order valence-corrected chi connectivity index (χ1v) is 9.94. The van der Waals surface area contributed by atoms with Crippen LogP contribution in [0.15, 0.2) is 64.1 Å². The molecule has 2 heterocycles. The quantitative estimate of drug-likeness (QED) is 0.431. The Morgan fingerprint density at radius 2 is 1.73 bits per heavy atom. The molecule has 26 heavy (non-hydrogen) atoms. The third-order valence-corrected chi connectivity index (χ3v) is 6.00. The Bertz CT molecular complexity index is 1140. The van der Waals surface area contributed by atoms with Crippen LogP contribution in [0.2, 0.25) is 0 Å². The third kappa shape index (κ3) is 3.13. The van der Waals surface area contributed by atoms with Gasteiger partial charge in [0.25, 0.3) is 5.56 Å². The molecule has 0 fully saturated rings. The van der Waals surface area contributed by atoms with E-state index in [0.717, 1.165) is 30.9 Å². The molecule has 4 aromatic rings. The van der Waals surface area contributed by atoms with Crippen LogP contribution in [0.1, 0.15) is 16.0 Å². The van der Waals surface area contributed by atoms with Crippen LogP contribution in [0.5, 0.6) is 0 Å². The molecule has 0 saturated carbocycles. The topological polar surface area (TPSA) is 34.9 Å². The fraction of sp³-hybridized carbons (Fsp3) is 0.143. The van der Waals surface area contributed by atoms with Gasteiger partial charge in [-0.05, 0) is 37.1 Å². The predicted molar refractivity (Wildman–Crippen MR) is 112 cm³/mol. The van der Waals surface area contributed by atoms with E-state index in [4.69, 9.17) is 0 Å². The van der Waals surface area contributed by atoms with E-state index in [0.29, 0.717) is 11.9 Å². The minimum Gasteiger partial charge on any atom is -0.294 e. The van der Waals surface area contributed by atoms with Crippen molar-refractivity contribution in [2.24, 2.45) is 0 Å². The molecular weight excluding hydrogens is 408 g/mol. The Morgan fingerprint density at radius 1 is 1.04 bits per heavy atom. The maximum absolute atomic E-state index is 13.2. The smallest absolute Gasteiger partial charge is 0.263 e. The second kappa shape index (κ2) is 6.82. The van der Waals surface area contributed by atoms with Gasteiger partial charge in [0.15, 0.2) is 0 Å². The number of aromatic nitrogens is 2. The number of aryl methyl sites for hydroxylation is 2. The normalized spacial score (nSPS) is 11.2. The summed E-state index contributed by atoms with van der Waals surface area (Å²) in [6.07, 6.45) is 1.66. The van der Waals surface area contributed by atoms with Crippen molar-refractivity contribution in [1.82, 2.24) is 9.55 Å². The highest BCUT2D eigenvalue weighted by molar-refractivity contribution is 9.10. The molecule has 0 aliphatic rings. The third-order valence-electron chi connectivity index (χ3n) is 4.46. The van der Waals surface area contributed by atoms with Gasteiger partial charge in [-0.15, -0.1) is 11.3 Å². The monoisotopic (exact) mass is 424 g/mol. The number of hydrogen-bond donors (Lipinski definition) is 0. The molecule has 130 valence electrons. The number of benzene rings is 2. The van der Waals surface area contributed by atoms with Gasteiger partial charge < -0.3 is 0 Å². The molecule has 0 spiro atoms. The summed E-state index contributed by atoms with van der Waals surface area (Å²) in [5, 5.41) is 0.712. The molecule has 2 aromatic heterocycles. The number of thiophene rings is 1. The Kier molecular flexibility index (Phi) is 4.51. The van der Waals surface area contributed by atoms with E-state index in [1.807, 2.05) is 31.2 Å². The SMILES string of the molecule is Cc1ccc(Cn2cnc3sc(C)c(-c4ccc(Br)cc4)c3c2=O)cc1. The van der Waals surface area contributed by atoms with Gasteiger partial charge in [-0.25, -0.2) is 4.98 Å². The molecule has 0 atom stereocenters. The van der Waals surface area contributed by atoms with Crippen LogP contribution < -0.4 is 5.56 Å². The highest BCUT2D eigenvalue weighted by Gasteiger charge is 2.17. The number of rotatable bonds is 3. The number of hydrogen-bond acceptors (Lipinski definition) is 3. The summed E-state index contributed by atoms with van der Waals surface area (Å²) in [7, 11) is 0. The summed E-state index contributed by atoms with van der Waals surface area (Å²) < 4.78 is 2.72. The van der Waals surface area contributed by atoms with E-state index < -0.39 is 0 Å². The molecule has 3 nitrogen and oxygen atoms in total. The van der Waals surface area contributed by atoms with Crippen LogP contribution in [0.25, 0.3) is 21.3 Å². The summed E-state index contributed by atoms with van der Waals surface area (Å²) in [6, 6.07) is 16.3. The second-order valence-corrected chi connectivity index (χ2v) is 8.50. The molecule has 4 rings (SSSR count). The standard InChI is InChI=1S/C21H17BrN2OS/c1-13-3-5-15(6-4-13)11-24-12-23-20-19(21(24)25)18(14(2)26-20)16-7-9-17(22)10-8-16/h3-10,12H,11H2,1-2H3. The molecule has 0 radical (unpaired) electrons. The van der Waals surface area contributed by atoms with Crippen molar-refractivity contribution in [3.8, 4) is 11.1 Å². The predicted octanol–water partition coefficient (Wildman–Crippen LogP) is 5.55. The van der Waals surface area contributed by atoms with Crippen molar-refractivity contribution in [1.29, 1.82) is 0 Å². The minimum atomic E-state index is 0.0119. The Hall–Kier alpha value is -2.24. The van der Waals surface area contributed by atoms with Gasteiger partial charge in [0, 0.05) is 14.9 Å². The van der Waals surface area contributed by atoms with Crippen LogP contribution in [-0.4, -0.2) is 9.55 Å². The van der Waals surface area contributed by atoms with Crippen molar-refractivity contribution in [2.45, 2.75) is 20.4 Å². The lowest BCUT2D eigenvalue weighted by Gasteiger charge is -2.07. The van der Waals surface area contributed by atoms with E-state index in [-0.39, 0.29) is 5.56 Å². The lowest BCUT2D eigenvalue weighted by Crippen LogP contribution is -2.21. The van der Waals surface area contributed by atoms with Gasteiger partial charge in [0.2, 0.25) is 0 Å². The zero-order valence-electron chi connectivity index (χ0n) is 14.5. The summed E-state index contributed by atoms with van der Waals surface area (Å²) >= 11 is 5.04. The van der Waals surface area contributed by atoms with E-state index in [1.54, 1.807) is 22.2 Å². The fourth-order valence-corrected chi connectivity index (χ4v) is 4.37. The van der Waals surface area contributed by atoms with E-state index >= 15 is 0 Å². The van der Waals surface area contributed by atoms with Gasteiger partial charge in [-0.2, -0.15) is 0 Å². The number of fused-ring (bicyclic) bond motifs is 1. The maximum Gasteiger partial charge on any atom is 0.263 e. The Morgan fingerprint density at radius 3 is 2.42 bits per heavy atom. The molecular formula is C21H17BrN2OS. The van der Waals surface area contributed by atoms with Gasteiger partial charge in [-0.1, -0.05) is 57.9 Å². The molecule has 0 unspecified atom stereocenters. The van der Waals surface area contributed by atoms with Gasteiger partial charge in [-0.3, -0.25) is 9.36 Å². The molecule has 0 N–H and O–H groups in total. The van der Waals surface area contributed by atoms with Crippen LogP contribution in [-0.2, 0) is 6.54 Å². The van der Waals surface area contributed by atoms with Crippen LogP contribution in [0, 0.1) is 13.8 Å². The molecule has 0 bridgehead atoms. The van der Waals surface area contributed by atoms with E-state index in [2.05, 4.69) is 52.1 Å². The average Bonchev–Trinajstić information content (AvgIpc) is 2.97. The maximum atomic E-state index is 13.2. The van der Waals surface area contributed by atoms with Crippen molar-refractivity contribution in [2.75, 3.05) is 0 Å². The van der Waals surface area contributed by atoms with Gasteiger partial charge in [0.1, 0.15) is 4.83 Å². The van der Waals surface area contributed by atoms with Crippen molar-refractivity contribution in [3.05, 3.63) is 85.7 Å². The molecule has 0 aliphatic carbocycles. The van der Waals surface area contributed by atoms with E-state index in [9.17, 15) is 4.79 Å². The van der Waals surface area contributed by atoms with Crippen LogP contribution in [0.3, 0.4) is 0 Å². The first-order valence-electron chi connectivity index (χ1n) is 8.33. The summed E-state index contributed by atoms with van der Waals surface area (Å²) in [5.74, 6) is 0. The fourth-order valence-electron chi connectivity index (χ4n) is 3.10. The Labute approximate surface area is 164 Å².